The molecule has 19 heavy (non-hydrogen) atoms. The van der Waals surface area contributed by atoms with Gasteiger partial charge in [0.05, 0.1) is 12.2 Å². The van der Waals surface area contributed by atoms with E-state index in [0.717, 1.165) is 24.3 Å². The first-order chi connectivity index (χ1) is 8.89. The Hall–Kier alpha value is 0.160. The van der Waals surface area contributed by atoms with Crippen LogP contribution in [0.4, 0.5) is 0 Å². The minimum atomic E-state index is -0.756. The first-order valence-electron chi connectivity index (χ1n) is 6.59. The van der Waals surface area contributed by atoms with Gasteiger partial charge in [0, 0.05) is 5.02 Å². The Bertz CT molecular complexity index is 432. The SMILES string of the molecule is CC1(C)CC[C@H](Cc2ccc(Cl)cc2)[C@@]1(O)COI. The van der Waals surface area contributed by atoms with Crippen LogP contribution in [-0.4, -0.2) is 17.3 Å². The van der Waals surface area contributed by atoms with E-state index in [2.05, 4.69) is 13.8 Å². The Labute approximate surface area is 134 Å². The van der Waals surface area contributed by atoms with Crippen molar-refractivity contribution in [2.75, 3.05) is 6.61 Å². The highest BCUT2D eigenvalue weighted by Gasteiger charge is 2.54. The summed E-state index contributed by atoms with van der Waals surface area (Å²) < 4.78 is 5.25. The lowest BCUT2D eigenvalue weighted by molar-refractivity contribution is -0.0960. The Morgan fingerprint density at radius 1 is 1.37 bits per heavy atom. The first-order valence-corrected chi connectivity index (χ1v) is 7.85. The highest BCUT2D eigenvalue weighted by molar-refractivity contribution is 14.1. The lowest BCUT2D eigenvalue weighted by Gasteiger charge is -2.40. The zero-order valence-corrected chi connectivity index (χ0v) is 14.2. The van der Waals surface area contributed by atoms with Gasteiger partial charge in [-0.05, 0) is 48.3 Å². The van der Waals surface area contributed by atoms with Gasteiger partial charge in [0.15, 0.2) is 0 Å². The molecule has 0 radical (unpaired) electrons. The lowest BCUT2D eigenvalue weighted by atomic mass is 9.73. The third kappa shape index (κ3) is 3.09. The van der Waals surface area contributed by atoms with E-state index >= 15 is 0 Å². The number of benzene rings is 1. The van der Waals surface area contributed by atoms with Crippen LogP contribution >= 0.6 is 34.6 Å². The molecule has 0 unspecified atom stereocenters. The van der Waals surface area contributed by atoms with Crippen LogP contribution in [0.1, 0.15) is 32.3 Å². The van der Waals surface area contributed by atoms with E-state index in [9.17, 15) is 5.11 Å². The van der Waals surface area contributed by atoms with E-state index in [0.29, 0.717) is 6.61 Å². The molecule has 0 aromatic heterocycles. The lowest BCUT2D eigenvalue weighted by Crippen LogP contribution is -2.49. The van der Waals surface area contributed by atoms with Gasteiger partial charge in [-0.15, -0.1) is 0 Å². The summed E-state index contributed by atoms with van der Waals surface area (Å²) in [7, 11) is 0. The van der Waals surface area contributed by atoms with Crippen molar-refractivity contribution >= 4 is 34.6 Å². The van der Waals surface area contributed by atoms with Gasteiger partial charge in [-0.25, -0.2) is 0 Å². The van der Waals surface area contributed by atoms with Gasteiger partial charge in [0.2, 0.25) is 0 Å². The molecule has 0 spiro atoms. The smallest absolute Gasteiger partial charge is 0.109 e. The zero-order chi connectivity index (χ0) is 14.1. The van der Waals surface area contributed by atoms with Gasteiger partial charge in [0.25, 0.3) is 0 Å². The topological polar surface area (TPSA) is 29.5 Å². The predicted molar refractivity (Wildman–Crippen MR) is 86.6 cm³/mol. The molecule has 1 N–H and O–H groups in total. The average Bonchev–Trinajstić information content (AvgIpc) is 2.56. The minimum absolute atomic E-state index is 0.102. The summed E-state index contributed by atoms with van der Waals surface area (Å²) in [5.74, 6) is 0.235. The maximum Gasteiger partial charge on any atom is 0.109 e. The van der Waals surface area contributed by atoms with E-state index in [1.165, 1.54) is 5.56 Å². The van der Waals surface area contributed by atoms with Crippen molar-refractivity contribution in [3.63, 3.8) is 0 Å². The fourth-order valence-electron chi connectivity index (χ4n) is 3.12. The molecule has 1 aliphatic rings. The van der Waals surface area contributed by atoms with E-state index in [4.69, 9.17) is 14.7 Å². The van der Waals surface area contributed by atoms with E-state index in [1.807, 2.05) is 47.3 Å². The van der Waals surface area contributed by atoms with Crippen LogP contribution in [0.2, 0.25) is 5.02 Å². The Morgan fingerprint density at radius 2 is 2.00 bits per heavy atom. The molecule has 2 atom stereocenters. The van der Waals surface area contributed by atoms with Gasteiger partial charge < -0.3 is 8.17 Å². The summed E-state index contributed by atoms with van der Waals surface area (Å²) in [4.78, 5) is 0. The van der Waals surface area contributed by atoms with Crippen LogP contribution in [-0.2, 0) is 9.49 Å². The van der Waals surface area contributed by atoms with Crippen LogP contribution in [0.25, 0.3) is 0 Å². The maximum atomic E-state index is 11.0. The van der Waals surface area contributed by atoms with Crippen LogP contribution in [0, 0.1) is 11.3 Å². The van der Waals surface area contributed by atoms with E-state index in [-0.39, 0.29) is 11.3 Å². The number of aliphatic hydroxyl groups is 1. The number of hydrogen-bond acceptors (Lipinski definition) is 2. The molecule has 0 amide bonds. The molecule has 2 nitrogen and oxygen atoms in total. The molecule has 4 heteroatoms. The van der Waals surface area contributed by atoms with Gasteiger partial charge in [-0.2, -0.15) is 0 Å². The fourth-order valence-corrected chi connectivity index (χ4v) is 3.72. The minimum Gasteiger partial charge on any atom is -0.387 e. The maximum absolute atomic E-state index is 11.0. The van der Waals surface area contributed by atoms with Crippen molar-refractivity contribution in [3.05, 3.63) is 34.9 Å². The largest absolute Gasteiger partial charge is 0.387 e. The summed E-state index contributed by atoms with van der Waals surface area (Å²) in [6.45, 7) is 4.65. The van der Waals surface area contributed by atoms with Gasteiger partial charge in [0.1, 0.15) is 23.0 Å². The highest BCUT2D eigenvalue weighted by atomic mass is 127. The van der Waals surface area contributed by atoms with Crippen molar-refractivity contribution in [1.82, 2.24) is 0 Å². The first kappa shape index (κ1) is 15.5. The highest BCUT2D eigenvalue weighted by Crippen LogP contribution is 2.51. The molecule has 0 aliphatic heterocycles. The number of halogens is 2. The zero-order valence-electron chi connectivity index (χ0n) is 11.3. The van der Waals surface area contributed by atoms with Crippen LogP contribution in [0.15, 0.2) is 24.3 Å². The second-order valence-electron chi connectivity index (χ2n) is 6.13. The summed E-state index contributed by atoms with van der Waals surface area (Å²) in [6.07, 6.45) is 2.94. The molecule has 1 aliphatic carbocycles. The second-order valence-corrected chi connectivity index (χ2v) is 7.19. The third-order valence-corrected chi connectivity index (χ3v) is 5.20. The molecule has 1 fully saturated rings. The van der Waals surface area contributed by atoms with Crippen LogP contribution in [0.3, 0.4) is 0 Å². The molecule has 1 saturated carbocycles. The molecule has 1 aromatic rings. The molecule has 0 bridgehead atoms. The number of hydrogen-bond donors (Lipinski definition) is 1. The molecule has 1 aromatic carbocycles. The fraction of sp³-hybridized carbons (Fsp3) is 0.600. The van der Waals surface area contributed by atoms with Crippen molar-refractivity contribution in [3.8, 4) is 0 Å². The molecular formula is C15H20ClIO2. The summed E-state index contributed by atoms with van der Waals surface area (Å²) in [5.41, 5.74) is 0.363. The molecule has 2 rings (SSSR count). The standard InChI is InChI=1S/C15H20ClIO2/c1-14(2)8-7-12(15(14,18)10-19-17)9-11-3-5-13(16)6-4-11/h3-6,12,18H,7-10H2,1-2H3/t12-,15+/m1/s1. The van der Waals surface area contributed by atoms with Crippen molar-refractivity contribution in [2.45, 2.75) is 38.7 Å². The molecule has 0 saturated heterocycles. The van der Waals surface area contributed by atoms with Crippen molar-refractivity contribution in [1.29, 1.82) is 0 Å². The van der Waals surface area contributed by atoms with E-state index < -0.39 is 5.60 Å². The third-order valence-electron chi connectivity index (χ3n) is 4.64. The van der Waals surface area contributed by atoms with Crippen LogP contribution < -0.4 is 0 Å². The predicted octanol–water partition coefficient (Wildman–Crippen LogP) is 4.42. The second kappa shape index (κ2) is 5.88. The van der Waals surface area contributed by atoms with Gasteiger partial charge in [-0.1, -0.05) is 37.6 Å². The van der Waals surface area contributed by atoms with Crippen molar-refractivity contribution in [2.24, 2.45) is 11.3 Å². The van der Waals surface area contributed by atoms with Crippen molar-refractivity contribution < 1.29 is 8.17 Å². The van der Waals surface area contributed by atoms with E-state index in [1.54, 1.807) is 0 Å². The molecule has 0 heterocycles. The van der Waals surface area contributed by atoms with Gasteiger partial charge in [-0.3, -0.25) is 0 Å². The normalized spacial score (nSPS) is 29.6. The Balaban J connectivity index is 2.17. The average molecular weight is 395 g/mol. The molecular weight excluding hydrogens is 375 g/mol. The quantitative estimate of drug-likeness (QED) is 0.766. The number of rotatable bonds is 4. The molecule has 106 valence electrons. The van der Waals surface area contributed by atoms with Gasteiger partial charge >= 0.3 is 0 Å². The Kier molecular flexibility index (Phi) is 4.81. The summed E-state index contributed by atoms with van der Waals surface area (Å²) in [6, 6.07) is 7.90. The summed E-state index contributed by atoms with van der Waals surface area (Å²) in [5, 5.41) is 11.8. The summed E-state index contributed by atoms with van der Waals surface area (Å²) >= 11 is 7.78. The Morgan fingerprint density at radius 3 is 2.58 bits per heavy atom. The van der Waals surface area contributed by atoms with Crippen LogP contribution in [0.5, 0.6) is 0 Å². The monoisotopic (exact) mass is 394 g/mol.